The summed E-state index contributed by atoms with van der Waals surface area (Å²) >= 11 is 0. The largest absolute Gasteiger partial charge is 0.248 e. The number of benzene rings is 1. The van der Waals surface area contributed by atoms with Crippen LogP contribution in [0.2, 0.25) is 0 Å². The Labute approximate surface area is 141 Å². The molecule has 1 nitrogen and oxygen atoms in total. The lowest BCUT2D eigenvalue weighted by molar-refractivity contribution is 0.667. The van der Waals surface area contributed by atoms with Gasteiger partial charge in [0.1, 0.15) is 5.69 Å². The quantitative estimate of drug-likeness (QED) is 0.482. The van der Waals surface area contributed by atoms with Gasteiger partial charge in [0.2, 0.25) is 0 Å². The first-order valence-electron chi connectivity index (χ1n) is 8.87. The molecule has 1 heteroatoms. The molecule has 0 spiro atoms. The summed E-state index contributed by atoms with van der Waals surface area (Å²) in [7, 11) is 0. The average Bonchev–Trinajstić information content (AvgIpc) is 2.59. The second kappa shape index (κ2) is 9.85. The minimum atomic E-state index is 0.841. The van der Waals surface area contributed by atoms with Crippen LogP contribution in [0.3, 0.4) is 0 Å². The van der Waals surface area contributed by atoms with Crippen molar-refractivity contribution in [3.05, 3.63) is 65.0 Å². The van der Waals surface area contributed by atoms with E-state index in [1.165, 1.54) is 43.2 Å². The number of hydrogen-bond acceptors (Lipinski definition) is 1. The van der Waals surface area contributed by atoms with Crippen LogP contribution in [0, 0.1) is 11.8 Å². The average molecular weight is 305 g/mol. The summed E-state index contributed by atoms with van der Waals surface area (Å²) in [6, 6.07) is 12.8. The zero-order chi connectivity index (χ0) is 16.3. The van der Waals surface area contributed by atoms with Crippen molar-refractivity contribution in [3.63, 3.8) is 0 Å². The lowest BCUT2D eigenvalue weighted by atomic mass is 10.0. The van der Waals surface area contributed by atoms with Crippen molar-refractivity contribution in [1.82, 2.24) is 4.98 Å². The highest BCUT2D eigenvalue weighted by Gasteiger charge is 1.95. The summed E-state index contributed by atoms with van der Waals surface area (Å²) in [6.45, 7) is 4.43. The first kappa shape index (κ1) is 17.3. The highest BCUT2D eigenvalue weighted by atomic mass is 14.7. The van der Waals surface area contributed by atoms with E-state index in [4.69, 9.17) is 0 Å². The number of aromatic nitrogens is 1. The molecular weight excluding hydrogens is 278 g/mol. The molecule has 0 fully saturated rings. The van der Waals surface area contributed by atoms with Gasteiger partial charge in [0.25, 0.3) is 0 Å². The van der Waals surface area contributed by atoms with Crippen LogP contribution < -0.4 is 0 Å². The predicted octanol–water partition coefficient (Wildman–Crippen LogP) is 5.56. The van der Waals surface area contributed by atoms with E-state index in [1.54, 1.807) is 0 Å². The van der Waals surface area contributed by atoms with Gasteiger partial charge in [-0.05, 0) is 54.5 Å². The number of rotatable bonds is 7. The van der Waals surface area contributed by atoms with Gasteiger partial charge in [-0.2, -0.15) is 0 Å². The number of aryl methyl sites for hydroxylation is 2. The second-order valence-electron chi connectivity index (χ2n) is 6.06. The van der Waals surface area contributed by atoms with Gasteiger partial charge in [-0.3, -0.25) is 0 Å². The van der Waals surface area contributed by atoms with Crippen molar-refractivity contribution in [3.8, 4) is 11.8 Å². The fraction of sp³-hybridized carbons (Fsp3) is 0.409. The molecule has 1 aromatic carbocycles. The third-order valence-electron chi connectivity index (χ3n) is 3.97. The maximum absolute atomic E-state index is 4.41. The highest BCUT2D eigenvalue weighted by molar-refractivity contribution is 5.41. The van der Waals surface area contributed by atoms with Crippen LogP contribution in [-0.2, 0) is 12.8 Å². The molecule has 120 valence electrons. The van der Waals surface area contributed by atoms with Crippen molar-refractivity contribution in [2.24, 2.45) is 0 Å². The zero-order valence-electron chi connectivity index (χ0n) is 14.4. The van der Waals surface area contributed by atoms with E-state index >= 15 is 0 Å². The maximum atomic E-state index is 4.41. The van der Waals surface area contributed by atoms with E-state index in [0.29, 0.717) is 0 Å². The Kier molecular flexibility index (Phi) is 7.40. The van der Waals surface area contributed by atoms with Crippen molar-refractivity contribution in [2.45, 2.75) is 58.8 Å². The molecule has 2 aromatic rings. The minimum absolute atomic E-state index is 0.841. The van der Waals surface area contributed by atoms with E-state index < -0.39 is 0 Å². The summed E-state index contributed by atoms with van der Waals surface area (Å²) < 4.78 is 0. The molecule has 0 amide bonds. The molecule has 0 aliphatic heterocycles. The first-order chi connectivity index (χ1) is 11.3. The maximum Gasteiger partial charge on any atom is 0.113 e. The Hall–Kier alpha value is -2.07. The number of pyridine rings is 1. The Morgan fingerprint density at radius 2 is 1.52 bits per heavy atom. The Morgan fingerprint density at radius 1 is 0.739 bits per heavy atom. The molecule has 0 unspecified atom stereocenters. The molecular formula is C22H27N. The topological polar surface area (TPSA) is 12.9 Å². The predicted molar refractivity (Wildman–Crippen MR) is 98.5 cm³/mol. The van der Waals surface area contributed by atoms with Gasteiger partial charge in [0, 0.05) is 11.8 Å². The second-order valence-corrected chi connectivity index (χ2v) is 6.06. The van der Waals surface area contributed by atoms with Gasteiger partial charge in [0.05, 0.1) is 0 Å². The summed E-state index contributed by atoms with van der Waals surface area (Å²) in [6.07, 6.45) is 10.6. The Balaban J connectivity index is 1.90. The van der Waals surface area contributed by atoms with Crippen molar-refractivity contribution in [2.75, 3.05) is 0 Å². The molecule has 0 radical (unpaired) electrons. The Bertz CT molecular complexity index is 626. The van der Waals surface area contributed by atoms with Crippen molar-refractivity contribution in [1.29, 1.82) is 0 Å². The van der Waals surface area contributed by atoms with Gasteiger partial charge in [-0.15, -0.1) is 0 Å². The number of hydrogen-bond donors (Lipinski definition) is 0. The Morgan fingerprint density at radius 3 is 2.17 bits per heavy atom. The molecule has 0 aliphatic carbocycles. The third kappa shape index (κ3) is 6.28. The lowest BCUT2D eigenvalue weighted by Gasteiger charge is -2.01. The van der Waals surface area contributed by atoms with Crippen LogP contribution in [0.25, 0.3) is 0 Å². The van der Waals surface area contributed by atoms with E-state index in [0.717, 1.165) is 24.1 Å². The summed E-state index contributed by atoms with van der Waals surface area (Å²) in [4.78, 5) is 4.41. The van der Waals surface area contributed by atoms with E-state index in [9.17, 15) is 0 Å². The smallest absolute Gasteiger partial charge is 0.113 e. The molecule has 0 aliphatic rings. The van der Waals surface area contributed by atoms with Gasteiger partial charge >= 0.3 is 0 Å². The summed E-state index contributed by atoms with van der Waals surface area (Å²) in [5.74, 6) is 6.35. The molecule has 0 saturated heterocycles. The fourth-order valence-corrected chi connectivity index (χ4v) is 2.58. The zero-order valence-corrected chi connectivity index (χ0v) is 14.4. The molecule has 0 bridgehead atoms. The molecule has 1 heterocycles. The lowest BCUT2D eigenvalue weighted by Crippen LogP contribution is -1.88. The van der Waals surface area contributed by atoms with E-state index in [-0.39, 0.29) is 0 Å². The molecule has 23 heavy (non-hydrogen) atoms. The van der Waals surface area contributed by atoms with Gasteiger partial charge in [0.15, 0.2) is 0 Å². The third-order valence-corrected chi connectivity index (χ3v) is 3.97. The van der Waals surface area contributed by atoms with E-state index in [1.807, 2.05) is 12.3 Å². The van der Waals surface area contributed by atoms with Crippen LogP contribution in [0.4, 0.5) is 0 Å². The SMILES string of the molecule is CCCCCCc1ccc(C#Cc2ccc(CCC)cn2)cc1. The van der Waals surface area contributed by atoms with E-state index in [2.05, 4.69) is 61.0 Å². The van der Waals surface area contributed by atoms with Crippen LogP contribution in [0.15, 0.2) is 42.6 Å². The molecule has 0 N–H and O–H groups in total. The van der Waals surface area contributed by atoms with Crippen LogP contribution in [0.5, 0.6) is 0 Å². The molecule has 0 atom stereocenters. The molecule has 2 rings (SSSR count). The first-order valence-corrected chi connectivity index (χ1v) is 8.87. The molecule has 1 aromatic heterocycles. The summed E-state index contributed by atoms with van der Waals surface area (Å²) in [5, 5.41) is 0. The van der Waals surface area contributed by atoms with Crippen molar-refractivity contribution >= 4 is 0 Å². The normalized spacial score (nSPS) is 10.2. The summed E-state index contributed by atoms with van der Waals surface area (Å²) in [5.41, 5.74) is 4.59. The van der Waals surface area contributed by atoms with Crippen LogP contribution in [-0.4, -0.2) is 4.98 Å². The molecule has 0 saturated carbocycles. The van der Waals surface area contributed by atoms with Gasteiger partial charge in [-0.1, -0.05) is 63.7 Å². The monoisotopic (exact) mass is 305 g/mol. The minimum Gasteiger partial charge on any atom is -0.248 e. The van der Waals surface area contributed by atoms with Crippen LogP contribution in [0.1, 0.15) is 68.3 Å². The van der Waals surface area contributed by atoms with Gasteiger partial charge in [-0.25, -0.2) is 4.98 Å². The number of nitrogens with zero attached hydrogens (tertiary/aromatic N) is 1. The fourth-order valence-electron chi connectivity index (χ4n) is 2.58. The van der Waals surface area contributed by atoms with Crippen LogP contribution >= 0.6 is 0 Å². The standard InChI is InChI=1S/C22H27N/c1-3-5-6-7-9-19-10-12-20(13-11-19)14-16-22-17-15-21(8-4-2)18-23-22/h10-13,15,17-18H,3-9H2,1-2H3. The highest BCUT2D eigenvalue weighted by Crippen LogP contribution is 2.09. The number of unbranched alkanes of at least 4 members (excludes halogenated alkanes) is 3. The van der Waals surface area contributed by atoms with Crippen molar-refractivity contribution < 1.29 is 0 Å². The van der Waals surface area contributed by atoms with Gasteiger partial charge < -0.3 is 0 Å².